The molecule has 0 aromatic heterocycles. The van der Waals surface area contributed by atoms with Crippen LogP contribution in [0, 0.1) is 0 Å². The topological polar surface area (TPSA) is 104 Å². The number of rotatable bonds is 4. The van der Waals surface area contributed by atoms with Crippen LogP contribution in [0.5, 0.6) is 5.75 Å². The third kappa shape index (κ3) is 3.89. The predicted octanol–water partition coefficient (Wildman–Crippen LogP) is 0.291. The molecule has 6 nitrogen and oxygen atoms in total. The highest BCUT2D eigenvalue weighted by molar-refractivity contribution is 7.99. The quantitative estimate of drug-likeness (QED) is 0.738. The fraction of sp³-hybridized carbons (Fsp3) is 0.429. The molecule has 1 unspecified atom stereocenters. The number of amides is 1. The third-order valence-corrected chi connectivity index (χ3v) is 4.43. The molecule has 4 N–H and O–H groups in total. The van der Waals surface area contributed by atoms with Crippen LogP contribution < -0.4 is 5.73 Å². The van der Waals surface area contributed by atoms with Crippen LogP contribution in [0.2, 0.25) is 0 Å². The van der Waals surface area contributed by atoms with E-state index >= 15 is 0 Å². The van der Waals surface area contributed by atoms with Gasteiger partial charge in [0.15, 0.2) is 0 Å². The first-order valence-electron chi connectivity index (χ1n) is 6.63. The van der Waals surface area contributed by atoms with Crippen LogP contribution in [0.4, 0.5) is 0 Å². The summed E-state index contributed by atoms with van der Waals surface area (Å²) in [5.41, 5.74) is 6.75. The van der Waals surface area contributed by atoms with E-state index in [1.807, 2.05) is 0 Å². The number of hydrogen-bond acceptors (Lipinski definition) is 5. The zero-order valence-electron chi connectivity index (χ0n) is 11.4. The summed E-state index contributed by atoms with van der Waals surface area (Å²) in [5, 5.41) is 18.4. The number of benzene rings is 1. The molecule has 0 aliphatic carbocycles. The Morgan fingerprint density at radius 3 is 2.67 bits per heavy atom. The second kappa shape index (κ2) is 6.82. The summed E-state index contributed by atoms with van der Waals surface area (Å²) in [5.74, 6) is -0.0603. The molecule has 1 heterocycles. The van der Waals surface area contributed by atoms with E-state index in [1.54, 1.807) is 12.1 Å². The van der Waals surface area contributed by atoms with Crippen molar-refractivity contribution < 1.29 is 19.8 Å². The molecule has 1 saturated heterocycles. The van der Waals surface area contributed by atoms with Crippen LogP contribution in [-0.4, -0.2) is 57.1 Å². The summed E-state index contributed by atoms with van der Waals surface area (Å²) in [4.78, 5) is 24.9. The minimum Gasteiger partial charge on any atom is -0.508 e. The lowest BCUT2D eigenvalue weighted by molar-refractivity contribution is -0.149. The molecular weight excluding hydrogens is 292 g/mol. The summed E-state index contributed by atoms with van der Waals surface area (Å²) >= 11 is 1.53. The predicted molar refractivity (Wildman–Crippen MR) is 80.2 cm³/mol. The number of phenols is 1. The zero-order valence-corrected chi connectivity index (χ0v) is 12.3. The highest BCUT2D eigenvalue weighted by Gasteiger charge is 2.34. The molecule has 1 aliphatic heterocycles. The fourth-order valence-electron chi connectivity index (χ4n) is 2.26. The van der Waals surface area contributed by atoms with Crippen molar-refractivity contribution in [2.75, 3.05) is 18.1 Å². The molecule has 0 spiro atoms. The highest BCUT2D eigenvalue weighted by Crippen LogP contribution is 2.18. The van der Waals surface area contributed by atoms with Crippen molar-refractivity contribution in [3.63, 3.8) is 0 Å². The zero-order chi connectivity index (χ0) is 15.4. The number of carboxylic acid groups (broad SMARTS) is 1. The van der Waals surface area contributed by atoms with E-state index in [-0.39, 0.29) is 11.7 Å². The Labute approximate surface area is 126 Å². The standard InChI is InChI=1S/C14H18N2O4S/c15-11(7-9-1-3-10(17)4-2-9)13(18)16-5-6-21-8-12(16)14(19)20/h1-4,11-12,17H,5-8,15H2,(H,19,20)/t11-,12?/m0/s1. The molecule has 1 aromatic rings. The Kier molecular flexibility index (Phi) is 5.08. The summed E-state index contributed by atoms with van der Waals surface area (Å²) in [6.45, 7) is 0.406. The van der Waals surface area contributed by atoms with Crippen LogP contribution in [0.25, 0.3) is 0 Å². The normalized spacial score (nSPS) is 20.0. The molecular formula is C14H18N2O4S. The second-order valence-corrected chi connectivity index (χ2v) is 6.09. The van der Waals surface area contributed by atoms with Crippen molar-refractivity contribution in [2.24, 2.45) is 5.73 Å². The van der Waals surface area contributed by atoms with Gasteiger partial charge < -0.3 is 20.8 Å². The number of hydrogen-bond donors (Lipinski definition) is 3. The number of carbonyl (C=O) groups is 2. The van der Waals surface area contributed by atoms with Gasteiger partial charge in [-0.2, -0.15) is 11.8 Å². The van der Waals surface area contributed by atoms with E-state index in [0.717, 1.165) is 11.3 Å². The van der Waals surface area contributed by atoms with Crippen molar-refractivity contribution in [2.45, 2.75) is 18.5 Å². The van der Waals surface area contributed by atoms with Gasteiger partial charge in [-0.3, -0.25) is 4.79 Å². The van der Waals surface area contributed by atoms with E-state index in [2.05, 4.69) is 0 Å². The monoisotopic (exact) mass is 310 g/mol. The summed E-state index contributed by atoms with van der Waals surface area (Å²) in [6, 6.07) is 4.88. The van der Waals surface area contributed by atoms with Gasteiger partial charge >= 0.3 is 5.97 Å². The maximum atomic E-state index is 12.4. The van der Waals surface area contributed by atoms with E-state index in [9.17, 15) is 19.8 Å². The lowest BCUT2D eigenvalue weighted by Crippen LogP contribution is -2.55. The van der Waals surface area contributed by atoms with Crippen LogP contribution in [0.15, 0.2) is 24.3 Å². The van der Waals surface area contributed by atoms with Gasteiger partial charge in [0.2, 0.25) is 5.91 Å². The maximum absolute atomic E-state index is 12.4. The molecule has 1 aromatic carbocycles. The van der Waals surface area contributed by atoms with E-state index in [1.165, 1.54) is 28.8 Å². The smallest absolute Gasteiger partial charge is 0.327 e. The van der Waals surface area contributed by atoms with Crippen molar-refractivity contribution in [3.05, 3.63) is 29.8 Å². The number of nitrogens with zero attached hydrogens (tertiary/aromatic N) is 1. The molecule has 21 heavy (non-hydrogen) atoms. The number of phenolic OH excluding ortho intramolecular Hbond substituents is 1. The largest absolute Gasteiger partial charge is 0.508 e. The third-order valence-electron chi connectivity index (χ3n) is 3.41. The van der Waals surface area contributed by atoms with Gasteiger partial charge in [0, 0.05) is 18.1 Å². The summed E-state index contributed by atoms with van der Waals surface area (Å²) < 4.78 is 0. The number of nitrogens with two attached hydrogens (primary N) is 1. The van der Waals surface area contributed by atoms with Crippen molar-refractivity contribution in [1.29, 1.82) is 0 Å². The number of thioether (sulfide) groups is 1. The second-order valence-electron chi connectivity index (χ2n) is 4.94. The molecule has 114 valence electrons. The van der Waals surface area contributed by atoms with Crippen molar-refractivity contribution in [3.8, 4) is 5.75 Å². The molecule has 0 bridgehead atoms. The van der Waals surface area contributed by atoms with Crippen molar-refractivity contribution >= 4 is 23.6 Å². The minimum atomic E-state index is -0.993. The van der Waals surface area contributed by atoms with E-state index in [0.29, 0.717) is 18.7 Å². The van der Waals surface area contributed by atoms with Crippen LogP contribution in [0.1, 0.15) is 5.56 Å². The van der Waals surface area contributed by atoms with Gasteiger partial charge in [-0.25, -0.2) is 4.79 Å². The first-order chi connectivity index (χ1) is 9.99. The molecule has 1 amide bonds. The Balaban J connectivity index is 2.03. The van der Waals surface area contributed by atoms with Gasteiger partial charge in [0.05, 0.1) is 6.04 Å². The lowest BCUT2D eigenvalue weighted by atomic mass is 10.0. The van der Waals surface area contributed by atoms with Gasteiger partial charge in [-0.15, -0.1) is 0 Å². The molecule has 2 rings (SSSR count). The average molecular weight is 310 g/mol. The first-order valence-corrected chi connectivity index (χ1v) is 7.79. The molecule has 1 fully saturated rings. The van der Waals surface area contributed by atoms with Gasteiger partial charge in [-0.1, -0.05) is 12.1 Å². The SMILES string of the molecule is N[C@@H](Cc1ccc(O)cc1)C(=O)N1CCSCC1C(=O)O. The van der Waals surface area contributed by atoms with Crippen LogP contribution in [0.3, 0.4) is 0 Å². The molecule has 0 saturated carbocycles. The number of carbonyl (C=O) groups excluding carboxylic acids is 1. The Morgan fingerprint density at radius 2 is 2.05 bits per heavy atom. The Hall–Kier alpha value is -1.73. The van der Waals surface area contributed by atoms with Gasteiger partial charge in [0.25, 0.3) is 0 Å². The van der Waals surface area contributed by atoms with E-state index < -0.39 is 18.1 Å². The fourth-order valence-corrected chi connectivity index (χ4v) is 3.30. The van der Waals surface area contributed by atoms with E-state index in [4.69, 9.17) is 5.73 Å². The highest BCUT2D eigenvalue weighted by atomic mass is 32.2. The lowest BCUT2D eigenvalue weighted by Gasteiger charge is -2.34. The Morgan fingerprint density at radius 1 is 1.38 bits per heavy atom. The first kappa shape index (κ1) is 15.7. The molecule has 7 heteroatoms. The summed E-state index contributed by atoms with van der Waals surface area (Å²) in [6.07, 6.45) is 0.315. The van der Waals surface area contributed by atoms with Crippen LogP contribution >= 0.6 is 11.8 Å². The minimum absolute atomic E-state index is 0.151. The van der Waals surface area contributed by atoms with Crippen molar-refractivity contribution in [1.82, 2.24) is 4.90 Å². The maximum Gasteiger partial charge on any atom is 0.327 e. The molecule has 0 radical (unpaired) electrons. The summed E-state index contributed by atoms with van der Waals surface area (Å²) in [7, 11) is 0. The molecule has 1 aliphatic rings. The van der Waals surface area contributed by atoms with Gasteiger partial charge in [0.1, 0.15) is 11.8 Å². The van der Waals surface area contributed by atoms with Gasteiger partial charge in [-0.05, 0) is 24.1 Å². The number of carboxylic acids is 1. The molecule has 2 atom stereocenters. The Bertz CT molecular complexity index is 520. The number of aliphatic carboxylic acids is 1. The number of aromatic hydroxyl groups is 1. The average Bonchev–Trinajstić information content (AvgIpc) is 2.48. The van der Waals surface area contributed by atoms with Crippen LogP contribution in [-0.2, 0) is 16.0 Å².